The molecule has 1 fully saturated rings. The van der Waals surface area contributed by atoms with Gasteiger partial charge in [-0.1, -0.05) is 12.5 Å². The maximum Gasteiger partial charge on any atom is 0.173 e. The van der Waals surface area contributed by atoms with Gasteiger partial charge < -0.3 is 5.11 Å². The summed E-state index contributed by atoms with van der Waals surface area (Å²) in [4.78, 5) is 12.2. The van der Waals surface area contributed by atoms with Crippen LogP contribution in [0.15, 0.2) is 22.7 Å². The lowest BCUT2D eigenvalue weighted by molar-refractivity contribution is -0.118. The average molecular weight is 307 g/mol. The summed E-state index contributed by atoms with van der Waals surface area (Å²) in [6.45, 7) is 1.89. The maximum absolute atomic E-state index is 12.2. The van der Waals surface area contributed by atoms with Crippen molar-refractivity contribution in [3.8, 4) is 5.75 Å². The van der Waals surface area contributed by atoms with Crippen LogP contribution in [-0.4, -0.2) is 10.9 Å². The molecule has 2 nitrogen and oxygen atoms in total. The van der Waals surface area contributed by atoms with E-state index >= 15 is 0 Å². The van der Waals surface area contributed by atoms with Gasteiger partial charge in [-0.05, 0) is 70.4 Å². The first-order valence-electron chi connectivity index (χ1n) is 6.33. The minimum atomic E-state index is 0.184. The molecule has 0 aromatic heterocycles. The third-order valence-electron chi connectivity index (χ3n) is 4.18. The lowest BCUT2D eigenvalue weighted by atomic mass is 9.90. The number of aryl methyl sites for hydroxylation is 1. The molecule has 0 bridgehead atoms. The molecule has 0 amide bonds. The number of Topliss-reactive ketones (excluding diaryl/α,β-unsaturated/α-hetero) is 1. The number of ketones is 1. The zero-order valence-electron chi connectivity index (χ0n) is 10.2. The van der Waals surface area contributed by atoms with Crippen molar-refractivity contribution in [2.24, 2.45) is 11.8 Å². The van der Waals surface area contributed by atoms with Crippen molar-refractivity contribution >= 4 is 27.3 Å². The predicted molar refractivity (Wildman–Crippen MR) is 74.5 cm³/mol. The number of phenolic OH excluding ortho intramolecular Hbond substituents is 1. The molecular formula is C15H15BrO2. The molecule has 0 aliphatic heterocycles. The number of hydrogen-bond donors (Lipinski definition) is 1. The second-order valence-electron chi connectivity index (χ2n) is 5.24. The van der Waals surface area contributed by atoms with Crippen molar-refractivity contribution in [1.82, 2.24) is 0 Å². The Bertz CT molecular complexity index is 560. The van der Waals surface area contributed by atoms with Crippen molar-refractivity contribution in [3.05, 3.63) is 33.8 Å². The van der Waals surface area contributed by atoms with Crippen LogP contribution in [0.25, 0.3) is 5.57 Å². The molecule has 1 aromatic rings. The number of allylic oxidation sites excluding steroid dienone is 2. The standard InChI is InChI=1S/C15H15BrO2/c1-8-7-9(5-6-12(8)17)13-10-3-2-4-11(10)15(18)14(13)16/h5-7,10-11,17H,2-4H2,1H3. The highest BCUT2D eigenvalue weighted by molar-refractivity contribution is 9.12. The Balaban J connectivity index is 2.09. The largest absolute Gasteiger partial charge is 0.508 e. The second kappa shape index (κ2) is 4.23. The molecule has 1 saturated carbocycles. The highest BCUT2D eigenvalue weighted by Crippen LogP contribution is 2.51. The Hall–Kier alpha value is -1.09. The molecule has 0 radical (unpaired) electrons. The van der Waals surface area contributed by atoms with Gasteiger partial charge in [0.2, 0.25) is 0 Å². The van der Waals surface area contributed by atoms with Gasteiger partial charge in [-0.25, -0.2) is 0 Å². The highest BCUT2D eigenvalue weighted by Gasteiger charge is 2.43. The van der Waals surface area contributed by atoms with Crippen LogP contribution in [0.4, 0.5) is 0 Å². The molecule has 3 rings (SSSR count). The van der Waals surface area contributed by atoms with E-state index in [1.165, 1.54) is 0 Å². The molecule has 0 heterocycles. The Kier molecular flexibility index (Phi) is 2.81. The van der Waals surface area contributed by atoms with Crippen LogP contribution in [0.5, 0.6) is 5.75 Å². The van der Waals surface area contributed by atoms with E-state index in [-0.39, 0.29) is 11.7 Å². The lowest BCUT2D eigenvalue weighted by Gasteiger charge is -2.14. The van der Waals surface area contributed by atoms with Crippen molar-refractivity contribution in [2.45, 2.75) is 26.2 Å². The van der Waals surface area contributed by atoms with Crippen LogP contribution in [0, 0.1) is 18.8 Å². The topological polar surface area (TPSA) is 37.3 Å². The Morgan fingerprint density at radius 1 is 1.28 bits per heavy atom. The third kappa shape index (κ3) is 1.64. The van der Waals surface area contributed by atoms with E-state index < -0.39 is 0 Å². The molecular weight excluding hydrogens is 292 g/mol. The second-order valence-corrected chi connectivity index (χ2v) is 6.03. The van der Waals surface area contributed by atoms with Crippen molar-refractivity contribution in [2.75, 3.05) is 0 Å². The number of phenols is 1. The summed E-state index contributed by atoms with van der Waals surface area (Å²) in [5, 5.41) is 9.60. The minimum absolute atomic E-state index is 0.184. The smallest absolute Gasteiger partial charge is 0.173 e. The zero-order valence-corrected chi connectivity index (χ0v) is 11.8. The van der Waals surface area contributed by atoms with E-state index in [9.17, 15) is 9.90 Å². The average Bonchev–Trinajstić information content (AvgIpc) is 2.89. The van der Waals surface area contributed by atoms with Gasteiger partial charge in [-0.3, -0.25) is 4.79 Å². The van der Waals surface area contributed by atoms with E-state index in [0.29, 0.717) is 11.7 Å². The van der Waals surface area contributed by atoms with E-state index in [2.05, 4.69) is 15.9 Å². The van der Waals surface area contributed by atoms with Gasteiger partial charge in [-0.2, -0.15) is 0 Å². The molecule has 0 spiro atoms. The van der Waals surface area contributed by atoms with Crippen LogP contribution in [0.2, 0.25) is 0 Å². The molecule has 94 valence electrons. The van der Waals surface area contributed by atoms with Crippen LogP contribution in [-0.2, 0) is 4.79 Å². The monoisotopic (exact) mass is 306 g/mol. The summed E-state index contributed by atoms with van der Waals surface area (Å²) >= 11 is 3.47. The zero-order chi connectivity index (χ0) is 12.9. The SMILES string of the molecule is Cc1cc(C2=C(Br)C(=O)C3CCCC23)ccc1O. The van der Waals surface area contributed by atoms with Crippen molar-refractivity contribution in [1.29, 1.82) is 0 Å². The van der Waals surface area contributed by atoms with Crippen LogP contribution in [0.1, 0.15) is 30.4 Å². The summed E-state index contributed by atoms with van der Waals surface area (Å²) in [5.74, 6) is 1.13. The molecule has 2 atom stereocenters. The summed E-state index contributed by atoms with van der Waals surface area (Å²) in [7, 11) is 0. The van der Waals surface area contributed by atoms with E-state index in [4.69, 9.17) is 0 Å². The first-order valence-corrected chi connectivity index (χ1v) is 7.12. The Morgan fingerprint density at radius 3 is 2.72 bits per heavy atom. The quantitative estimate of drug-likeness (QED) is 0.856. The normalized spacial score (nSPS) is 26.9. The number of carbonyl (C=O) groups is 1. The Labute approximate surface area is 115 Å². The molecule has 2 aliphatic rings. The first kappa shape index (κ1) is 12.0. The fourth-order valence-corrected chi connectivity index (χ4v) is 4.06. The van der Waals surface area contributed by atoms with Crippen LogP contribution >= 0.6 is 15.9 Å². The van der Waals surface area contributed by atoms with E-state index in [1.807, 2.05) is 19.1 Å². The number of carbonyl (C=O) groups excluding carboxylic acids is 1. The molecule has 3 heteroatoms. The van der Waals surface area contributed by atoms with Gasteiger partial charge in [-0.15, -0.1) is 0 Å². The van der Waals surface area contributed by atoms with Crippen LogP contribution < -0.4 is 0 Å². The summed E-state index contributed by atoms with van der Waals surface area (Å²) in [6, 6.07) is 5.59. The first-order chi connectivity index (χ1) is 8.59. The summed E-state index contributed by atoms with van der Waals surface area (Å²) in [5.41, 5.74) is 3.07. The third-order valence-corrected chi connectivity index (χ3v) is 5.00. The van der Waals surface area contributed by atoms with Gasteiger partial charge in [0.25, 0.3) is 0 Å². The van der Waals surface area contributed by atoms with Gasteiger partial charge in [0.1, 0.15) is 5.75 Å². The van der Waals surface area contributed by atoms with Crippen LogP contribution in [0.3, 0.4) is 0 Å². The van der Waals surface area contributed by atoms with Gasteiger partial charge in [0, 0.05) is 5.92 Å². The van der Waals surface area contributed by atoms with Crippen molar-refractivity contribution < 1.29 is 9.90 Å². The van der Waals surface area contributed by atoms with Gasteiger partial charge in [0.15, 0.2) is 5.78 Å². The lowest BCUT2D eigenvalue weighted by Crippen LogP contribution is -2.10. The highest BCUT2D eigenvalue weighted by atomic mass is 79.9. The number of rotatable bonds is 1. The number of benzene rings is 1. The number of hydrogen-bond acceptors (Lipinski definition) is 2. The van der Waals surface area contributed by atoms with E-state index in [1.54, 1.807) is 6.07 Å². The van der Waals surface area contributed by atoms with Crippen molar-refractivity contribution in [3.63, 3.8) is 0 Å². The number of aromatic hydroxyl groups is 1. The fourth-order valence-electron chi connectivity index (χ4n) is 3.24. The molecule has 2 unspecified atom stereocenters. The minimum Gasteiger partial charge on any atom is -0.508 e. The molecule has 1 N–H and O–H groups in total. The predicted octanol–water partition coefficient (Wildman–Crippen LogP) is 3.81. The molecule has 0 saturated heterocycles. The molecule has 1 aromatic carbocycles. The van der Waals surface area contributed by atoms with Gasteiger partial charge in [0.05, 0.1) is 4.48 Å². The van der Waals surface area contributed by atoms with Gasteiger partial charge >= 0.3 is 0 Å². The molecule has 2 aliphatic carbocycles. The number of fused-ring (bicyclic) bond motifs is 1. The Morgan fingerprint density at radius 2 is 2.00 bits per heavy atom. The molecule has 18 heavy (non-hydrogen) atoms. The number of halogens is 1. The maximum atomic E-state index is 12.2. The summed E-state index contributed by atoms with van der Waals surface area (Å²) in [6.07, 6.45) is 3.25. The van der Waals surface area contributed by atoms with E-state index in [0.717, 1.165) is 40.4 Å². The summed E-state index contributed by atoms with van der Waals surface area (Å²) < 4.78 is 0.752. The fraction of sp³-hybridized carbons (Fsp3) is 0.400.